The standard InChI is InChI=1S/C13H8F2N6O4/c14-8-2-1-7(5-9(8)15)20-11(17-18-19-20)6-16-13(22)10-3-4-12(25-10)21(23)24/h1-5H,6H2,(H,16,22). The second-order valence-electron chi connectivity index (χ2n) is 4.68. The Morgan fingerprint density at radius 2 is 2.08 bits per heavy atom. The van der Waals surface area contributed by atoms with Gasteiger partial charge in [-0.15, -0.1) is 5.10 Å². The summed E-state index contributed by atoms with van der Waals surface area (Å²) in [7, 11) is 0. The third-order valence-corrected chi connectivity index (χ3v) is 3.08. The van der Waals surface area contributed by atoms with Gasteiger partial charge in [-0.25, -0.2) is 8.78 Å². The lowest BCUT2D eigenvalue weighted by atomic mass is 10.3. The SMILES string of the molecule is O=C(NCc1nnnn1-c1ccc(F)c(F)c1)c1ccc([N+](=O)[O-])o1. The van der Waals surface area contributed by atoms with Gasteiger partial charge in [0.25, 0.3) is 5.91 Å². The van der Waals surface area contributed by atoms with Crippen molar-refractivity contribution in [2.75, 3.05) is 0 Å². The summed E-state index contributed by atoms with van der Waals surface area (Å²) in [6.45, 7) is -0.181. The van der Waals surface area contributed by atoms with Gasteiger partial charge in [0.1, 0.15) is 4.92 Å². The second-order valence-corrected chi connectivity index (χ2v) is 4.68. The molecule has 0 bridgehead atoms. The summed E-state index contributed by atoms with van der Waals surface area (Å²) < 4.78 is 32.2. The topological polar surface area (TPSA) is 129 Å². The zero-order valence-corrected chi connectivity index (χ0v) is 12.2. The number of hydrogen-bond donors (Lipinski definition) is 1. The highest BCUT2D eigenvalue weighted by molar-refractivity contribution is 5.91. The van der Waals surface area contributed by atoms with E-state index in [0.717, 1.165) is 28.9 Å². The fraction of sp³-hybridized carbons (Fsp3) is 0.0769. The summed E-state index contributed by atoms with van der Waals surface area (Å²) in [6, 6.07) is 5.26. The van der Waals surface area contributed by atoms with E-state index in [4.69, 9.17) is 4.42 Å². The average Bonchev–Trinajstić information content (AvgIpc) is 3.24. The van der Waals surface area contributed by atoms with Gasteiger partial charge in [-0.2, -0.15) is 4.68 Å². The lowest BCUT2D eigenvalue weighted by molar-refractivity contribution is -0.402. The van der Waals surface area contributed by atoms with Crippen LogP contribution in [0.4, 0.5) is 14.7 Å². The van der Waals surface area contributed by atoms with Gasteiger partial charge < -0.3 is 9.73 Å². The Bertz CT molecular complexity index is 954. The van der Waals surface area contributed by atoms with Crippen molar-refractivity contribution in [3.63, 3.8) is 0 Å². The maximum Gasteiger partial charge on any atom is 0.433 e. The van der Waals surface area contributed by atoms with Crippen molar-refractivity contribution < 1.29 is 22.9 Å². The van der Waals surface area contributed by atoms with Gasteiger partial charge in [0.05, 0.1) is 18.3 Å². The summed E-state index contributed by atoms with van der Waals surface area (Å²) in [5, 5.41) is 23.7. The van der Waals surface area contributed by atoms with Crippen LogP contribution in [0.3, 0.4) is 0 Å². The Morgan fingerprint density at radius 1 is 1.28 bits per heavy atom. The van der Waals surface area contributed by atoms with Crippen LogP contribution >= 0.6 is 0 Å². The van der Waals surface area contributed by atoms with E-state index in [1.165, 1.54) is 6.07 Å². The summed E-state index contributed by atoms with van der Waals surface area (Å²) >= 11 is 0. The van der Waals surface area contributed by atoms with Crippen LogP contribution in [0.2, 0.25) is 0 Å². The first-order chi connectivity index (χ1) is 12.0. The molecule has 0 aliphatic carbocycles. The third-order valence-electron chi connectivity index (χ3n) is 3.08. The predicted octanol–water partition coefficient (Wildman–Crippen LogP) is 1.37. The molecule has 0 fully saturated rings. The average molecular weight is 350 g/mol. The van der Waals surface area contributed by atoms with E-state index in [-0.39, 0.29) is 23.8 Å². The van der Waals surface area contributed by atoms with E-state index in [1.54, 1.807) is 0 Å². The number of aromatic nitrogens is 4. The lowest BCUT2D eigenvalue weighted by Gasteiger charge is -2.05. The predicted molar refractivity (Wildman–Crippen MR) is 75.6 cm³/mol. The van der Waals surface area contributed by atoms with Crippen molar-refractivity contribution in [2.24, 2.45) is 0 Å². The molecule has 0 spiro atoms. The quantitative estimate of drug-likeness (QED) is 0.543. The highest BCUT2D eigenvalue weighted by Crippen LogP contribution is 2.16. The third kappa shape index (κ3) is 3.31. The lowest BCUT2D eigenvalue weighted by Crippen LogP contribution is -2.24. The van der Waals surface area contributed by atoms with E-state index in [2.05, 4.69) is 20.8 Å². The van der Waals surface area contributed by atoms with Crippen LogP contribution in [0.15, 0.2) is 34.7 Å². The molecule has 128 valence electrons. The Labute approximate surface area is 137 Å². The van der Waals surface area contributed by atoms with Crippen molar-refractivity contribution in [3.05, 3.63) is 63.7 Å². The molecular formula is C13H8F2N6O4. The van der Waals surface area contributed by atoms with Gasteiger partial charge in [-0.3, -0.25) is 14.9 Å². The first-order valence-corrected chi connectivity index (χ1v) is 6.71. The van der Waals surface area contributed by atoms with Gasteiger partial charge >= 0.3 is 5.88 Å². The minimum Gasteiger partial charge on any atom is -0.395 e. The minimum absolute atomic E-state index is 0.125. The van der Waals surface area contributed by atoms with Crippen molar-refractivity contribution in [1.82, 2.24) is 25.5 Å². The molecule has 1 aromatic carbocycles. The first kappa shape index (κ1) is 16.2. The number of nitro groups is 1. The summed E-state index contributed by atoms with van der Waals surface area (Å²) in [4.78, 5) is 21.7. The maximum atomic E-state index is 13.3. The van der Waals surface area contributed by atoms with Crippen molar-refractivity contribution >= 4 is 11.8 Å². The van der Waals surface area contributed by atoms with Gasteiger partial charge in [0, 0.05) is 6.07 Å². The monoisotopic (exact) mass is 350 g/mol. The summed E-state index contributed by atoms with van der Waals surface area (Å²) in [5.41, 5.74) is 0.154. The number of carbonyl (C=O) groups excluding carboxylic acids is 1. The fourth-order valence-corrected chi connectivity index (χ4v) is 1.93. The molecular weight excluding hydrogens is 342 g/mol. The maximum absolute atomic E-state index is 13.3. The number of amides is 1. The van der Waals surface area contributed by atoms with Gasteiger partial charge in [-0.1, -0.05) is 0 Å². The number of nitrogens with one attached hydrogen (secondary N) is 1. The molecule has 0 radical (unpaired) electrons. The van der Waals surface area contributed by atoms with Crippen LogP contribution in [-0.4, -0.2) is 31.0 Å². The molecule has 0 saturated carbocycles. The number of benzene rings is 1. The van der Waals surface area contributed by atoms with Crippen LogP contribution in [0, 0.1) is 21.7 Å². The Balaban J connectivity index is 1.73. The molecule has 3 aromatic rings. The second kappa shape index (κ2) is 6.43. The van der Waals surface area contributed by atoms with Crippen LogP contribution in [0.1, 0.15) is 16.4 Å². The van der Waals surface area contributed by atoms with Crippen LogP contribution in [0.5, 0.6) is 0 Å². The number of rotatable bonds is 5. The van der Waals surface area contributed by atoms with Crippen LogP contribution in [0.25, 0.3) is 5.69 Å². The van der Waals surface area contributed by atoms with Gasteiger partial charge in [-0.05, 0) is 28.6 Å². The van der Waals surface area contributed by atoms with E-state index in [0.29, 0.717) is 0 Å². The molecule has 25 heavy (non-hydrogen) atoms. The molecule has 1 N–H and O–H groups in total. The molecule has 10 nitrogen and oxygen atoms in total. The van der Waals surface area contributed by atoms with Gasteiger partial charge in [0.2, 0.25) is 0 Å². The molecule has 0 saturated heterocycles. The van der Waals surface area contributed by atoms with E-state index < -0.39 is 28.3 Å². The molecule has 0 unspecified atom stereocenters. The zero-order valence-electron chi connectivity index (χ0n) is 12.2. The Hall–Kier alpha value is -3.70. The van der Waals surface area contributed by atoms with Crippen molar-refractivity contribution in [1.29, 1.82) is 0 Å². The number of halogens is 2. The number of carbonyl (C=O) groups is 1. The first-order valence-electron chi connectivity index (χ1n) is 6.71. The highest BCUT2D eigenvalue weighted by atomic mass is 19.2. The number of furan rings is 1. The summed E-state index contributed by atoms with van der Waals surface area (Å²) in [5.74, 6) is -3.54. The molecule has 3 rings (SSSR count). The largest absolute Gasteiger partial charge is 0.433 e. The van der Waals surface area contributed by atoms with Crippen molar-refractivity contribution in [2.45, 2.75) is 6.54 Å². The van der Waals surface area contributed by atoms with Crippen LogP contribution < -0.4 is 5.32 Å². The molecule has 0 aliphatic rings. The van der Waals surface area contributed by atoms with E-state index in [9.17, 15) is 23.7 Å². The number of hydrogen-bond acceptors (Lipinski definition) is 7. The molecule has 0 aliphatic heterocycles. The smallest absolute Gasteiger partial charge is 0.395 e. The fourth-order valence-electron chi connectivity index (χ4n) is 1.93. The molecule has 2 aromatic heterocycles. The van der Waals surface area contributed by atoms with E-state index >= 15 is 0 Å². The molecule has 12 heteroatoms. The minimum atomic E-state index is -1.08. The Kier molecular flexibility index (Phi) is 4.16. The normalized spacial score (nSPS) is 10.6. The van der Waals surface area contributed by atoms with Crippen molar-refractivity contribution in [3.8, 4) is 5.69 Å². The van der Waals surface area contributed by atoms with Gasteiger partial charge in [0.15, 0.2) is 23.2 Å². The highest BCUT2D eigenvalue weighted by Gasteiger charge is 2.18. The zero-order chi connectivity index (χ0) is 18.0. The molecule has 0 atom stereocenters. The summed E-state index contributed by atoms with van der Waals surface area (Å²) in [6.07, 6.45) is 0. The number of nitrogens with zero attached hydrogens (tertiary/aromatic N) is 5. The molecule has 2 heterocycles. The van der Waals surface area contributed by atoms with E-state index in [1.807, 2.05) is 0 Å². The number of tetrazole rings is 1. The Morgan fingerprint density at radius 3 is 2.76 bits per heavy atom. The van der Waals surface area contributed by atoms with Crippen LogP contribution in [-0.2, 0) is 6.54 Å². The molecule has 1 amide bonds.